The molecule has 0 saturated heterocycles. The molecular formula is C7H11F3N2O. The van der Waals surface area contributed by atoms with Gasteiger partial charge in [0.1, 0.15) is 0 Å². The van der Waals surface area contributed by atoms with Crippen LogP contribution in [0.4, 0.5) is 13.2 Å². The summed E-state index contributed by atoms with van der Waals surface area (Å²) in [6.45, 7) is 7.22. The number of carbonyl (C=O) groups excluding carboxylic acids is 1. The lowest BCUT2D eigenvalue weighted by Crippen LogP contribution is -2.47. The maximum atomic E-state index is 11.9. The minimum Gasteiger partial charge on any atom is -0.262 e. The lowest BCUT2D eigenvalue weighted by molar-refractivity contribution is -0.190. The lowest BCUT2D eigenvalue weighted by atomic mass is 10.1. The van der Waals surface area contributed by atoms with E-state index in [9.17, 15) is 18.0 Å². The van der Waals surface area contributed by atoms with Crippen molar-refractivity contribution in [3.05, 3.63) is 0 Å². The minimum absolute atomic E-state index is 0.312. The van der Waals surface area contributed by atoms with Gasteiger partial charge in [-0.1, -0.05) is 0 Å². The highest BCUT2D eigenvalue weighted by molar-refractivity contribution is 5.82. The van der Waals surface area contributed by atoms with E-state index in [2.05, 4.69) is 11.8 Å². The second kappa shape index (κ2) is 3.35. The van der Waals surface area contributed by atoms with E-state index < -0.39 is 17.6 Å². The highest BCUT2D eigenvalue weighted by Crippen LogP contribution is 2.24. The Morgan fingerprint density at radius 1 is 1.31 bits per heavy atom. The van der Waals surface area contributed by atoms with Crippen LogP contribution in [0.2, 0.25) is 0 Å². The molecule has 13 heavy (non-hydrogen) atoms. The van der Waals surface area contributed by atoms with Crippen molar-refractivity contribution in [3.8, 4) is 0 Å². The van der Waals surface area contributed by atoms with Crippen LogP contribution in [0.3, 0.4) is 0 Å². The van der Waals surface area contributed by atoms with Crippen molar-refractivity contribution in [2.24, 2.45) is 5.10 Å². The van der Waals surface area contributed by atoms with Crippen LogP contribution < -0.4 is 0 Å². The quantitative estimate of drug-likeness (QED) is 0.465. The van der Waals surface area contributed by atoms with Gasteiger partial charge in [-0.25, -0.2) is 5.01 Å². The van der Waals surface area contributed by atoms with Crippen molar-refractivity contribution >= 4 is 12.6 Å². The van der Waals surface area contributed by atoms with E-state index in [1.54, 1.807) is 0 Å². The fraction of sp³-hybridized carbons (Fsp3) is 0.714. The van der Waals surface area contributed by atoms with Crippen molar-refractivity contribution in [2.45, 2.75) is 32.5 Å². The molecule has 0 spiro atoms. The van der Waals surface area contributed by atoms with Crippen molar-refractivity contribution in [2.75, 3.05) is 0 Å². The Morgan fingerprint density at radius 3 is 1.77 bits per heavy atom. The summed E-state index contributed by atoms with van der Waals surface area (Å²) < 4.78 is 35.8. The highest BCUT2D eigenvalue weighted by atomic mass is 19.4. The van der Waals surface area contributed by atoms with E-state index in [1.165, 1.54) is 20.8 Å². The fourth-order valence-electron chi connectivity index (χ4n) is 0.701. The fourth-order valence-corrected chi connectivity index (χ4v) is 0.701. The van der Waals surface area contributed by atoms with Crippen LogP contribution in [0.5, 0.6) is 0 Å². The molecule has 3 nitrogen and oxygen atoms in total. The van der Waals surface area contributed by atoms with Crippen LogP contribution in [0.15, 0.2) is 5.10 Å². The van der Waals surface area contributed by atoms with Crippen LogP contribution >= 0.6 is 0 Å². The Morgan fingerprint density at radius 2 is 1.69 bits per heavy atom. The molecule has 0 aliphatic carbocycles. The van der Waals surface area contributed by atoms with E-state index in [0.717, 1.165) is 0 Å². The summed E-state index contributed by atoms with van der Waals surface area (Å²) >= 11 is 0. The molecule has 0 unspecified atom stereocenters. The zero-order chi connectivity index (χ0) is 10.9. The molecule has 0 N–H and O–H groups in total. The van der Waals surface area contributed by atoms with E-state index in [4.69, 9.17) is 0 Å². The molecule has 0 aromatic heterocycles. The van der Waals surface area contributed by atoms with Gasteiger partial charge in [-0.05, 0) is 20.8 Å². The number of rotatable bonds is 1. The molecule has 0 rings (SSSR count). The summed E-state index contributed by atoms with van der Waals surface area (Å²) in [5, 5.41) is 3.35. The molecule has 0 aliphatic rings. The van der Waals surface area contributed by atoms with Gasteiger partial charge < -0.3 is 0 Å². The average Bonchev–Trinajstić information content (AvgIpc) is 1.83. The van der Waals surface area contributed by atoms with Gasteiger partial charge in [0.2, 0.25) is 0 Å². The molecule has 0 aliphatic heterocycles. The van der Waals surface area contributed by atoms with Gasteiger partial charge >= 0.3 is 12.1 Å². The number of carbonyl (C=O) groups is 1. The third-order valence-electron chi connectivity index (χ3n) is 1.21. The number of halogens is 3. The number of hydrogen-bond donors (Lipinski definition) is 0. The standard InChI is InChI=1S/C7H11F3N2O/c1-6(2,3)12(11-4)5(13)7(8,9)10/h4H2,1-3H3. The van der Waals surface area contributed by atoms with Crippen LogP contribution in [-0.2, 0) is 4.79 Å². The summed E-state index contributed by atoms with van der Waals surface area (Å²) in [6, 6.07) is 0. The van der Waals surface area contributed by atoms with Crippen LogP contribution in [0, 0.1) is 0 Å². The highest BCUT2D eigenvalue weighted by Gasteiger charge is 2.45. The first-order valence-electron chi connectivity index (χ1n) is 3.48. The van der Waals surface area contributed by atoms with Crippen LogP contribution in [0.25, 0.3) is 0 Å². The zero-order valence-corrected chi connectivity index (χ0v) is 7.64. The summed E-state index contributed by atoms with van der Waals surface area (Å²) in [6.07, 6.45) is -4.91. The van der Waals surface area contributed by atoms with Gasteiger partial charge in [0.15, 0.2) is 0 Å². The summed E-state index contributed by atoms with van der Waals surface area (Å²) in [4.78, 5) is 10.7. The summed E-state index contributed by atoms with van der Waals surface area (Å²) in [5.74, 6) is -2.00. The Kier molecular flexibility index (Phi) is 3.08. The number of hydrazone groups is 1. The third kappa shape index (κ3) is 3.04. The summed E-state index contributed by atoms with van der Waals surface area (Å²) in [5.41, 5.74) is -1.02. The Hall–Kier alpha value is -1.07. The van der Waals surface area contributed by atoms with Gasteiger partial charge in [-0.15, -0.1) is 0 Å². The van der Waals surface area contributed by atoms with Gasteiger partial charge in [-0.2, -0.15) is 18.3 Å². The van der Waals surface area contributed by atoms with E-state index in [1.807, 2.05) is 0 Å². The van der Waals surface area contributed by atoms with Crippen molar-refractivity contribution < 1.29 is 18.0 Å². The molecule has 1 amide bonds. The molecule has 0 atom stereocenters. The first kappa shape index (κ1) is 11.9. The Labute approximate surface area is 74.2 Å². The molecule has 0 fully saturated rings. The average molecular weight is 196 g/mol. The lowest BCUT2D eigenvalue weighted by Gasteiger charge is -2.30. The van der Waals surface area contributed by atoms with Gasteiger partial charge in [0.05, 0.1) is 5.54 Å². The smallest absolute Gasteiger partial charge is 0.262 e. The topological polar surface area (TPSA) is 32.7 Å². The van der Waals surface area contributed by atoms with Gasteiger partial charge in [0, 0.05) is 6.72 Å². The van der Waals surface area contributed by atoms with E-state index in [0.29, 0.717) is 5.01 Å². The van der Waals surface area contributed by atoms with Crippen molar-refractivity contribution in [1.29, 1.82) is 0 Å². The second-order valence-electron chi connectivity index (χ2n) is 3.43. The maximum Gasteiger partial charge on any atom is 0.473 e. The largest absolute Gasteiger partial charge is 0.473 e. The normalized spacial score (nSPS) is 12.5. The van der Waals surface area contributed by atoms with E-state index >= 15 is 0 Å². The molecule has 6 heteroatoms. The molecule has 0 aromatic rings. The zero-order valence-electron chi connectivity index (χ0n) is 7.64. The SMILES string of the molecule is C=NN(C(=O)C(F)(F)F)C(C)(C)C. The molecule has 0 radical (unpaired) electrons. The van der Waals surface area contributed by atoms with Gasteiger partial charge in [0.25, 0.3) is 0 Å². The molecule has 0 bridgehead atoms. The minimum atomic E-state index is -4.91. The van der Waals surface area contributed by atoms with Gasteiger partial charge in [-0.3, -0.25) is 4.79 Å². The Balaban J connectivity index is 4.82. The maximum absolute atomic E-state index is 11.9. The number of hydrogen-bond acceptors (Lipinski definition) is 2. The first-order valence-corrected chi connectivity index (χ1v) is 3.48. The van der Waals surface area contributed by atoms with Crippen molar-refractivity contribution in [1.82, 2.24) is 5.01 Å². The first-order chi connectivity index (χ1) is 5.60. The summed E-state index contributed by atoms with van der Waals surface area (Å²) in [7, 11) is 0. The predicted molar refractivity (Wildman–Crippen MR) is 42.2 cm³/mol. The molecule has 76 valence electrons. The van der Waals surface area contributed by atoms with Crippen LogP contribution in [0.1, 0.15) is 20.8 Å². The Bertz CT molecular complexity index is 217. The molecular weight excluding hydrogens is 185 g/mol. The number of nitrogens with zero attached hydrogens (tertiary/aromatic N) is 2. The number of amides is 1. The molecule has 0 saturated carbocycles. The van der Waals surface area contributed by atoms with E-state index in [-0.39, 0.29) is 0 Å². The monoisotopic (exact) mass is 196 g/mol. The predicted octanol–water partition coefficient (Wildman–Crippen LogP) is 1.79. The second-order valence-corrected chi connectivity index (χ2v) is 3.43. The van der Waals surface area contributed by atoms with Crippen LogP contribution in [-0.4, -0.2) is 29.3 Å². The molecule has 0 aromatic carbocycles. The van der Waals surface area contributed by atoms with Crippen molar-refractivity contribution in [3.63, 3.8) is 0 Å². The molecule has 0 heterocycles. The third-order valence-corrected chi connectivity index (χ3v) is 1.21. The number of alkyl halides is 3.